The Balaban J connectivity index is 2.18. The zero-order chi connectivity index (χ0) is 18.1. The first-order chi connectivity index (χ1) is 11.0. The fraction of sp³-hybridized carbons (Fsp3) is 0.0833. The lowest BCUT2D eigenvalue weighted by Crippen LogP contribution is -2.31. The summed E-state index contributed by atoms with van der Waals surface area (Å²) in [6.07, 6.45) is -4.19. The van der Waals surface area contributed by atoms with Crippen LogP contribution in [0.4, 0.5) is 32.2 Å². The number of benzene rings is 1. The number of anilines is 1. The van der Waals surface area contributed by atoms with Crippen LogP contribution in [-0.2, 0) is 16.2 Å². The number of nitrogens with one attached hydrogen (secondary N) is 2. The molecule has 0 fully saturated rings. The van der Waals surface area contributed by atoms with Gasteiger partial charge in [0.1, 0.15) is 10.7 Å². The zero-order valence-corrected chi connectivity index (χ0v) is 12.1. The van der Waals surface area contributed by atoms with Crippen molar-refractivity contribution in [3.05, 3.63) is 53.5 Å². The smallest absolute Gasteiger partial charge is 0.292 e. The van der Waals surface area contributed by atoms with E-state index in [1.165, 1.54) is 0 Å². The molecule has 130 valence electrons. The molecule has 0 saturated heterocycles. The van der Waals surface area contributed by atoms with Crippen LogP contribution >= 0.6 is 0 Å². The molecule has 12 heteroatoms. The van der Waals surface area contributed by atoms with Gasteiger partial charge in [-0.25, -0.2) is 26.6 Å². The first-order valence-electron chi connectivity index (χ1n) is 5.97. The lowest BCUT2D eigenvalue weighted by Gasteiger charge is -2.11. The van der Waals surface area contributed by atoms with Gasteiger partial charge in [-0.15, -0.1) is 4.83 Å². The third-order valence-corrected chi connectivity index (χ3v) is 3.96. The molecular weight excluding hydrogens is 364 g/mol. The molecule has 1 aromatic heterocycles. The lowest BCUT2D eigenvalue weighted by molar-refractivity contribution is -0.137. The van der Waals surface area contributed by atoms with E-state index in [4.69, 9.17) is 0 Å². The number of halogens is 6. The maximum atomic E-state index is 13.5. The molecule has 0 saturated carbocycles. The predicted molar refractivity (Wildman–Crippen MR) is 69.5 cm³/mol. The molecule has 0 unspecified atom stereocenters. The SMILES string of the molecule is O=S(=O)(NNc1ccc(C(F)(F)F)cn1)c1ccc(F)c(F)c1F. The molecule has 0 radical (unpaired) electrons. The van der Waals surface area contributed by atoms with Gasteiger partial charge in [-0.3, -0.25) is 5.43 Å². The first kappa shape index (κ1) is 18.0. The highest BCUT2D eigenvalue weighted by atomic mass is 32.2. The van der Waals surface area contributed by atoms with E-state index in [-0.39, 0.29) is 5.82 Å². The summed E-state index contributed by atoms with van der Waals surface area (Å²) in [6.45, 7) is 0. The highest BCUT2D eigenvalue weighted by Gasteiger charge is 2.30. The van der Waals surface area contributed by atoms with E-state index >= 15 is 0 Å². The van der Waals surface area contributed by atoms with Crippen molar-refractivity contribution < 1.29 is 34.8 Å². The van der Waals surface area contributed by atoms with E-state index in [9.17, 15) is 34.8 Å². The second-order valence-electron chi connectivity index (χ2n) is 4.33. The molecule has 0 amide bonds. The molecule has 5 nitrogen and oxygen atoms in total. The van der Waals surface area contributed by atoms with Crippen molar-refractivity contribution >= 4 is 15.8 Å². The maximum absolute atomic E-state index is 13.5. The van der Waals surface area contributed by atoms with Crippen LogP contribution in [0.2, 0.25) is 0 Å². The number of sulfonamides is 1. The average Bonchev–Trinajstić information content (AvgIpc) is 2.50. The first-order valence-corrected chi connectivity index (χ1v) is 7.45. The third-order valence-electron chi connectivity index (χ3n) is 2.69. The summed E-state index contributed by atoms with van der Waals surface area (Å²) in [4.78, 5) is 3.70. The standard InChI is InChI=1S/C12H7F6N3O2S/c13-7-2-3-8(11(15)10(7)14)24(22,23)21-20-9-4-1-6(5-19-9)12(16,17)18/h1-5,21H,(H,19,20). The minimum Gasteiger partial charge on any atom is -0.292 e. The fourth-order valence-corrected chi connectivity index (χ4v) is 2.45. The Hall–Kier alpha value is -2.34. The molecule has 1 heterocycles. The van der Waals surface area contributed by atoms with E-state index < -0.39 is 44.1 Å². The summed E-state index contributed by atoms with van der Waals surface area (Å²) in [5.74, 6) is -5.84. The molecule has 0 spiro atoms. The van der Waals surface area contributed by atoms with Gasteiger partial charge in [0.15, 0.2) is 17.5 Å². The van der Waals surface area contributed by atoms with Gasteiger partial charge in [-0.05, 0) is 24.3 Å². The fourth-order valence-electron chi connectivity index (χ4n) is 1.53. The van der Waals surface area contributed by atoms with Gasteiger partial charge >= 0.3 is 6.18 Å². The number of nitrogens with zero attached hydrogens (tertiary/aromatic N) is 1. The van der Waals surface area contributed by atoms with Crippen molar-refractivity contribution in [2.24, 2.45) is 0 Å². The van der Waals surface area contributed by atoms with Crippen molar-refractivity contribution in [1.29, 1.82) is 0 Å². The Morgan fingerprint density at radius 1 is 0.958 bits per heavy atom. The molecule has 0 atom stereocenters. The minimum absolute atomic E-state index is 0.338. The number of hydrogen-bond acceptors (Lipinski definition) is 4. The largest absolute Gasteiger partial charge is 0.417 e. The number of hydrogen-bond donors (Lipinski definition) is 2. The number of rotatable bonds is 4. The summed E-state index contributed by atoms with van der Waals surface area (Å²) in [6, 6.07) is 2.33. The number of alkyl halides is 3. The predicted octanol–water partition coefficient (Wildman–Crippen LogP) is 2.82. The topological polar surface area (TPSA) is 71.1 Å². The molecule has 24 heavy (non-hydrogen) atoms. The zero-order valence-electron chi connectivity index (χ0n) is 11.3. The normalized spacial score (nSPS) is 12.2. The molecule has 1 aromatic carbocycles. The molecular formula is C12H7F6N3O2S. The van der Waals surface area contributed by atoms with Gasteiger partial charge in [-0.2, -0.15) is 13.2 Å². The van der Waals surface area contributed by atoms with Crippen LogP contribution in [0, 0.1) is 17.5 Å². The van der Waals surface area contributed by atoms with Crippen molar-refractivity contribution in [2.75, 3.05) is 5.43 Å². The molecule has 0 aliphatic rings. The highest BCUT2D eigenvalue weighted by Crippen LogP contribution is 2.28. The van der Waals surface area contributed by atoms with Crippen molar-refractivity contribution in [2.45, 2.75) is 11.1 Å². The Morgan fingerprint density at radius 3 is 2.17 bits per heavy atom. The van der Waals surface area contributed by atoms with E-state index in [1.54, 1.807) is 4.83 Å². The highest BCUT2D eigenvalue weighted by molar-refractivity contribution is 7.89. The Kier molecular flexibility index (Phi) is 4.71. The van der Waals surface area contributed by atoms with Crippen molar-refractivity contribution in [3.8, 4) is 0 Å². The lowest BCUT2D eigenvalue weighted by atomic mass is 10.3. The van der Waals surface area contributed by atoms with Gasteiger partial charge in [0, 0.05) is 6.20 Å². The van der Waals surface area contributed by atoms with Gasteiger partial charge in [-0.1, -0.05) is 0 Å². The van der Waals surface area contributed by atoms with Crippen LogP contribution < -0.4 is 10.3 Å². The average molecular weight is 371 g/mol. The Bertz CT molecular complexity index is 852. The number of hydrazine groups is 1. The van der Waals surface area contributed by atoms with Crippen LogP contribution in [0.25, 0.3) is 0 Å². The van der Waals surface area contributed by atoms with E-state index in [0.29, 0.717) is 24.4 Å². The van der Waals surface area contributed by atoms with Crippen LogP contribution in [0.5, 0.6) is 0 Å². The second-order valence-corrected chi connectivity index (χ2v) is 5.98. The van der Waals surface area contributed by atoms with Crippen molar-refractivity contribution in [1.82, 2.24) is 9.82 Å². The Morgan fingerprint density at radius 2 is 1.62 bits per heavy atom. The molecule has 2 N–H and O–H groups in total. The summed E-state index contributed by atoms with van der Waals surface area (Å²) in [5, 5.41) is 0. The maximum Gasteiger partial charge on any atom is 0.417 e. The Labute approximate surface area is 131 Å². The van der Waals surface area contributed by atoms with Gasteiger partial charge in [0.25, 0.3) is 10.0 Å². The van der Waals surface area contributed by atoms with E-state index in [1.807, 2.05) is 5.43 Å². The van der Waals surface area contributed by atoms with Crippen LogP contribution in [0.1, 0.15) is 5.56 Å². The van der Waals surface area contributed by atoms with Crippen LogP contribution in [-0.4, -0.2) is 13.4 Å². The van der Waals surface area contributed by atoms with E-state index in [2.05, 4.69) is 4.98 Å². The van der Waals surface area contributed by atoms with Gasteiger partial charge < -0.3 is 0 Å². The number of aromatic nitrogens is 1. The third kappa shape index (κ3) is 3.76. The molecule has 2 aromatic rings. The second kappa shape index (κ2) is 6.28. The van der Waals surface area contributed by atoms with Crippen LogP contribution in [0.3, 0.4) is 0 Å². The summed E-state index contributed by atoms with van der Waals surface area (Å²) in [7, 11) is -4.67. The van der Waals surface area contributed by atoms with E-state index in [0.717, 1.165) is 6.07 Å². The van der Waals surface area contributed by atoms with Gasteiger partial charge in [0.05, 0.1) is 5.56 Å². The molecule has 0 aliphatic heterocycles. The molecule has 0 bridgehead atoms. The molecule has 2 rings (SSSR count). The molecule has 0 aliphatic carbocycles. The summed E-state index contributed by atoms with van der Waals surface area (Å²) in [5.41, 5.74) is 0.857. The number of pyridine rings is 1. The quantitative estimate of drug-likeness (QED) is 0.493. The monoisotopic (exact) mass is 371 g/mol. The van der Waals surface area contributed by atoms with Crippen LogP contribution in [0.15, 0.2) is 35.4 Å². The minimum atomic E-state index is -4.67. The van der Waals surface area contributed by atoms with Crippen molar-refractivity contribution in [3.63, 3.8) is 0 Å². The summed E-state index contributed by atoms with van der Waals surface area (Å²) >= 11 is 0. The van der Waals surface area contributed by atoms with Gasteiger partial charge in [0.2, 0.25) is 0 Å². The summed E-state index contributed by atoms with van der Waals surface area (Å²) < 4.78 is 100.0.